The fraction of sp³-hybridized carbons (Fsp3) is 0.100. The van der Waals surface area contributed by atoms with Gasteiger partial charge < -0.3 is 5.73 Å². The lowest BCUT2D eigenvalue weighted by atomic mass is 10.2. The molecule has 0 atom stereocenters. The van der Waals surface area contributed by atoms with Crippen LogP contribution in [0.15, 0.2) is 29.6 Å². The van der Waals surface area contributed by atoms with Crippen LogP contribution < -0.4 is 5.73 Å². The fourth-order valence-corrected chi connectivity index (χ4v) is 1.87. The van der Waals surface area contributed by atoms with Crippen LogP contribution in [0.3, 0.4) is 0 Å². The number of rotatable bonds is 2. The molecule has 0 saturated carbocycles. The Bertz CT molecular complexity index is 448. The minimum atomic E-state index is -0.249. The molecule has 88 valence electrons. The van der Waals surface area contributed by atoms with Crippen LogP contribution in [0.1, 0.15) is 5.01 Å². The Morgan fingerprint density at radius 3 is 2.50 bits per heavy atom. The van der Waals surface area contributed by atoms with E-state index in [9.17, 15) is 4.39 Å². The highest BCUT2D eigenvalue weighted by atomic mass is 35.5. The van der Waals surface area contributed by atoms with E-state index in [2.05, 4.69) is 4.98 Å². The Labute approximate surface area is 110 Å². The molecule has 0 bridgehead atoms. The predicted octanol–water partition coefficient (Wildman–Crippen LogP) is 3.25. The van der Waals surface area contributed by atoms with Crippen molar-refractivity contribution in [2.24, 2.45) is 5.73 Å². The SMILES string of the molecule is Cl.Cl.NCc1nc(-c2ccccc2F)cs1. The van der Waals surface area contributed by atoms with Gasteiger partial charge in [-0.2, -0.15) is 0 Å². The number of thiazole rings is 1. The highest BCUT2D eigenvalue weighted by Crippen LogP contribution is 2.23. The maximum atomic E-state index is 13.3. The van der Waals surface area contributed by atoms with Gasteiger partial charge in [0.1, 0.15) is 10.8 Å². The number of nitrogens with zero attached hydrogens (tertiary/aromatic N) is 1. The second kappa shape index (κ2) is 6.81. The van der Waals surface area contributed by atoms with Gasteiger partial charge in [-0.1, -0.05) is 12.1 Å². The van der Waals surface area contributed by atoms with Gasteiger partial charge in [0.05, 0.1) is 5.69 Å². The Hall–Kier alpha value is -0.680. The number of halogens is 3. The summed E-state index contributed by atoms with van der Waals surface area (Å²) in [5.41, 5.74) is 6.63. The first-order valence-electron chi connectivity index (χ1n) is 4.20. The molecule has 2 rings (SSSR count). The van der Waals surface area contributed by atoms with E-state index in [-0.39, 0.29) is 30.6 Å². The molecule has 2 aromatic rings. The van der Waals surface area contributed by atoms with Crippen LogP contribution in [0.5, 0.6) is 0 Å². The molecule has 0 aliphatic carbocycles. The quantitative estimate of drug-likeness (QED) is 0.917. The van der Waals surface area contributed by atoms with E-state index in [0.29, 0.717) is 17.8 Å². The molecule has 0 spiro atoms. The van der Waals surface area contributed by atoms with Crippen molar-refractivity contribution in [3.63, 3.8) is 0 Å². The summed E-state index contributed by atoms with van der Waals surface area (Å²) in [4.78, 5) is 4.21. The largest absolute Gasteiger partial charge is 0.325 e. The van der Waals surface area contributed by atoms with Crippen LogP contribution in [0.2, 0.25) is 0 Å². The zero-order chi connectivity index (χ0) is 9.97. The average molecular weight is 281 g/mol. The summed E-state index contributed by atoms with van der Waals surface area (Å²) in [6.07, 6.45) is 0. The van der Waals surface area contributed by atoms with Gasteiger partial charge in [-0.3, -0.25) is 0 Å². The van der Waals surface area contributed by atoms with Crippen LogP contribution in [0.25, 0.3) is 11.3 Å². The molecule has 1 heterocycles. The van der Waals surface area contributed by atoms with Crippen LogP contribution in [0.4, 0.5) is 4.39 Å². The van der Waals surface area contributed by atoms with Gasteiger partial charge >= 0.3 is 0 Å². The molecule has 2 nitrogen and oxygen atoms in total. The van der Waals surface area contributed by atoms with E-state index in [1.807, 2.05) is 5.38 Å². The fourth-order valence-electron chi connectivity index (χ4n) is 1.20. The van der Waals surface area contributed by atoms with E-state index in [0.717, 1.165) is 5.01 Å². The molecule has 2 N–H and O–H groups in total. The minimum Gasteiger partial charge on any atom is -0.325 e. The molecule has 6 heteroatoms. The van der Waals surface area contributed by atoms with Gasteiger partial charge in [0.2, 0.25) is 0 Å². The van der Waals surface area contributed by atoms with Crippen molar-refractivity contribution in [2.45, 2.75) is 6.54 Å². The van der Waals surface area contributed by atoms with Crippen molar-refractivity contribution in [3.05, 3.63) is 40.5 Å². The molecule has 1 aromatic heterocycles. The zero-order valence-corrected chi connectivity index (χ0v) is 10.7. The number of benzene rings is 1. The summed E-state index contributed by atoms with van der Waals surface area (Å²) in [5.74, 6) is -0.249. The number of hydrogen-bond donors (Lipinski definition) is 1. The van der Waals surface area contributed by atoms with Crippen molar-refractivity contribution < 1.29 is 4.39 Å². The van der Waals surface area contributed by atoms with Crippen molar-refractivity contribution in [1.29, 1.82) is 0 Å². The second-order valence-corrected chi connectivity index (χ2v) is 3.75. The Morgan fingerprint density at radius 2 is 1.94 bits per heavy atom. The van der Waals surface area contributed by atoms with Crippen LogP contribution in [0, 0.1) is 5.82 Å². The first-order chi connectivity index (χ1) is 6.81. The van der Waals surface area contributed by atoms with Gasteiger partial charge in [-0.05, 0) is 12.1 Å². The molecule has 1 aromatic carbocycles. The van der Waals surface area contributed by atoms with Gasteiger partial charge in [-0.25, -0.2) is 9.37 Å². The van der Waals surface area contributed by atoms with E-state index in [4.69, 9.17) is 5.73 Å². The Kier molecular flexibility index (Phi) is 6.52. The van der Waals surface area contributed by atoms with Crippen LogP contribution >= 0.6 is 36.2 Å². The van der Waals surface area contributed by atoms with E-state index in [1.54, 1.807) is 18.2 Å². The molecule has 0 aliphatic rings. The van der Waals surface area contributed by atoms with E-state index < -0.39 is 0 Å². The summed E-state index contributed by atoms with van der Waals surface area (Å²) in [5, 5.41) is 2.64. The average Bonchev–Trinajstić information content (AvgIpc) is 2.67. The van der Waals surface area contributed by atoms with Gasteiger partial charge in [0.15, 0.2) is 0 Å². The van der Waals surface area contributed by atoms with Crippen molar-refractivity contribution in [2.75, 3.05) is 0 Å². The van der Waals surface area contributed by atoms with E-state index >= 15 is 0 Å². The van der Waals surface area contributed by atoms with Crippen molar-refractivity contribution in [3.8, 4) is 11.3 Å². The number of aromatic nitrogens is 1. The van der Waals surface area contributed by atoms with Crippen molar-refractivity contribution >= 4 is 36.2 Å². The summed E-state index contributed by atoms with van der Waals surface area (Å²) in [7, 11) is 0. The van der Waals surface area contributed by atoms with E-state index in [1.165, 1.54) is 17.4 Å². The second-order valence-electron chi connectivity index (χ2n) is 2.81. The first-order valence-corrected chi connectivity index (χ1v) is 5.08. The van der Waals surface area contributed by atoms with Crippen molar-refractivity contribution in [1.82, 2.24) is 4.98 Å². The Morgan fingerprint density at radius 1 is 1.25 bits per heavy atom. The normalized spacial score (nSPS) is 9.12. The summed E-state index contributed by atoms with van der Waals surface area (Å²) in [6.45, 7) is 0.402. The van der Waals surface area contributed by atoms with Crippen LogP contribution in [-0.2, 0) is 6.54 Å². The third-order valence-electron chi connectivity index (χ3n) is 1.88. The molecule has 0 saturated heterocycles. The Balaban J connectivity index is 0.00000112. The topological polar surface area (TPSA) is 38.9 Å². The predicted molar refractivity (Wildman–Crippen MR) is 69.9 cm³/mol. The number of nitrogens with two attached hydrogens (primary N) is 1. The molecule has 0 aliphatic heterocycles. The maximum Gasteiger partial charge on any atom is 0.132 e. The summed E-state index contributed by atoms with van der Waals surface area (Å²) in [6, 6.07) is 6.59. The smallest absolute Gasteiger partial charge is 0.132 e. The summed E-state index contributed by atoms with van der Waals surface area (Å²) >= 11 is 1.45. The highest BCUT2D eigenvalue weighted by molar-refractivity contribution is 7.09. The summed E-state index contributed by atoms with van der Waals surface area (Å²) < 4.78 is 13.3. The molecular formula is C10H11Cl2FN2S. The molecule has 0 fully saturated rings. The molecule has 16 heavy (non-hydrogen) atoms. The third kappa shape index (κ3) is 3.15. The maximum absolute atomic E-state index is 13.3. The molecule has 0 unspecified atom stereocenters. The number of hydrogen-bond acceptors (Lipinski definition) is 3. The van der Waals surface area contributed by atoms with Gasteiger partial charge in [0.25, 0.3) is 0 Å². The molecular weight excluding hydrogens is 270 g/mol. The minimum absolute atomic E-state index is 0. The van der Waals surface area contributed by atoms with Gasteiger partial charge in [0, 0.05) is 17.5 Å². The first kappa shape index (κ1) is 15.3. The monoisotopic (exact) mass is 280 g/mol. The lowest BCUT2D eigenvalue weighted by molar-refractivity contribution is 0.631. The van der Waals surface area contributed by atoms with Gasteiger partial charge in [-0.15, -0.1) is 36.2 Å². The highest BCUT2D eigenvalue weighted by Gasteiger charge is 2.07. The zero-order valence-electron chi connectivity index (χ0n) is 8.22. The third-order valence-corrected chi connectivity index (χ3v) is 2.75. The molecule has 0 amide bonds. The lowest BCUT2D eigenvalue weighted by Crippen LogP contribution is -1.94. The lowest BCUT2D eigenvalue weighted by Gasteiger charge is -1.97. The molecule has 0 radical (unpaired) electrons. The van der Waals surface area contributed by atoms with Crippen LogP contribution in [-0.4, -0.2) is 4.98 Å². The standard InChI is InChI=1S/C10H9FN2S.2ClH/c11-8-4-2-1-3-7(8)9-6-14-10(5-12)13-9;;/h1-4,6H,5,12H2;2*1H.